The third kappa shape index (κ3) is 5.89. The largest absolute Gasteiger partial charge is 0.444 e. The molecule has 2 aromatic heterocycles. The molecule has 2 heterocycles. The van der Waals surface area contributed by atoms with Gasteiger partial charge in [-0.05, 0) is 51.1 Å². The Hall–Kier alpha value is -4.40. The number of benzene rings is 2. The van der Waals surface area contributed by atoms with Crippen LogP contribution in [0.15, 0.2) is 72.9 Å². The number of amides is 2. The SMILES string of the molecule is CC(C)(C)OC(=O)NCc1cc(Oc2cccc(C(=O)Nc3ccccc3)c2)n2nccc2n1. The van der Waals surface area contributed by atoms with Crippen molar-refractivity contribution in [3.05, 3.63) is 84.2 Å². The molecule has 2 aromatic carbocycles. The lowest BCUT2D eigenvalue weighted by Gasteiger charge is -2.19. The van der Waals surface area contributed by atoms with E-state index in [-0.39, 0.29) is 12.5 Å². The lowest BCUT2D eigenvalue weighted by atomic mass is 10.2. The highest BCUT2D eigenvalue weighted by molar-refractivity contribution is 6.04. The average Bonchev–Trinajstić information content (AvgIpc) is 3.26. The maximum Gasteiger partial charge on any atom is 0.407 e. The second kappa shape index (κ2) is 9.62. The summed E-state index contributed by atoms with van der Waals surface area (Å²) in [6, 6.07) is 19.5. The molecule has 0 radical (unpaired) electrons. The van der Waals surface area contributed by atoms with Crippen LogP contribution in [0.2, 0.25) is 0 Å². The zero-order valence-corrected chi connectivity index (χ0v) is 19.1. The van der Waals surface area contributed by atoms with Gasteiger partial charge in [-0.25, -0.2) is 9.78 Å². The molecule has 9 heteroatoms. The maximum absolute atomic E-state index is 12.6. The molecule has 4 rings (SSSR count). The minimum Gasteiger partial charge on any atom is -0.444 e. The van der Waals surface area contributed by atoms with E-state index < -0.39 is 11.7 Å². The molecule has 0 atom stereocenters. The predicted octanol–water partition coefficient (Wildman–Crippen LogP) is 4.80. The van der Waals surface area contributed by atoms with Gasteiger partial charge in [-0.3, -0.25) is 4.79 Å². The second-order valence-electron chi connectivity index (χ2n) is 8.49. The molecule has 0 aliphatic carbocycles. The van der Waals surface area contributed by atoms with Crippen LogP contribution >= 0.6 is 0 Å². The number of nitrogens with zero attached hydrogens (tertiary/aromatic N) is 3. The van der Waals surface area contributed by atoms with E-state index in [0.717, 1.165) is 0 Å². The Labute approximate surface area is 196 Å². The molecule has 0 bridgehead atoms. The van der Waals surface area contributed by atoms with Crippen molar-refractivity contribution in [3.8, 4) is 11.6 Å². The molecular weight excluding hydrogens is 434 g/mol. The lowest BCUT2D eigenvalue weighted by molar-refractivity contribution is 0.0522. The number of hydrogen-bond acceptors (Lipinski definition) is 6. The minimum atomic E-state index is -0.598. The van der Waals surface area contributed by atoms with Gasteiger partial charge >= 0.3 is 6.09 Å². The first-order chi connectivity index (χ1) is 16.3. The topological polar surface area (TPSA) is 107 Å². The Morgan fingerprint density at radius 2 is 1.79 bits per heavy atom. The van der Waals surface area contributed by atoms with Gasteiger partial charge in [-0.15, -0.1) is 0 Å². The first kappa shape index (κ1) is 22.8. The fourth-order valence-electron chi connectivity index (χ4n) is 3.12. The Morgan fingerprint density at radius 1 is 1.00 bits per heavy atom. The van der Waals surface area contributed by atoms with Crippen LogP contribution in [0.1, 0.15) is 36.8 Å². The minimum absolute atomic E-state index is 0.145. The highest BCUT2D eigenvalue weighted by Crippen LogP contribution is 2.24. The molecule has 9 nitrogen and oxygen atoms in total. The molecule has 0 saturated carbocycles. The van der Waals surface area contributed by atoms with E-state index >= 15 is 0 Å². The smallest absolute Gasteiger partial charge is 0.407 e. The number of fused-ring (bicyclic) bond motifs is 1. The highest BCUT2D eigenvalue weighted by atomic mass is 16.6. The van der Waals surface area contributed by atoms with Crippen LogP contribution in [0.5, 0.6) is 11.6 Å². The maximum atomic E-state index is 12.6. The molecule has 0 fully saturated rings. The second-order valence-corrected chi connectivity index (χ2v) is 8.49. The van der Waals surface area contributed by atoms with E-state index in [1.165, 1.54) is 4.52 Å². The van der Waals surface area contributed by atoms with Crippen LogP contribution in [-0.4, -0.2) is 32.2 Å². The molecular formula is C25H25N5O4. The molecule has 34 heavy (non-hydrogen) atoms. The van der Waals surface area contributed by atoms with Crippen LogP contribution in [0, 0.1) is 0 Å². The Kier molecular flexibility index (Phi) is 6.44. The van der Waals surface area contributed by atoms with Crippen molar-refractivity contribution in [2.45, 2.75) is 32.9 Å². The molecule has 4 aromatic rings. The van der Waals surface area contributed by atoms with E-state index in [2.05, 4.69) is 20.7 Å². The van der Waals surface area contributed by atoms with Crippen LogP contribution in [0.4, 0.5) is 10.5 Å². The number of hydrogen-bond donors (Lipinski definition) is 2. The summed E-state index contributed by atoms with van der Waals surface area (Å²) < 4.78 is 12.9. The average molecular weight is 460 g/mol. The molecule has 0 aliphatic rings. The van der Waals surface area contributed by atoms with Crippen molar-refractivity contribution < 1.29 is 19.1 Å². The molecule has 0 unspecified atom stereocenters. The summed E-state index contributed by atoms with van der Waals surface area (Å²) in [6.45, 7) is 5.53. The summed E-state index contributed by atoms with van der Waals surface area (Å²) in [5.41, 5.74) is 1.66. The van der Waals surface area contributed by atoms with Crippen LogP contribution < -0.4 is 15.4 Å². The van der Waals surface area contributed by atoms with E-state index in [9.17, 15) is 9.59 Å². The number of ether oxygens (including phenoxy) is 2. The van der Waals surface area contributed by atoms with Crippen molar-refractivity contribution in [1.82, 2.24) is 19.9 Å². The van der Waals surface area contributed by atoms with Gasteiger partial charge in [0.2, 0.25) is 5.88 Å². The van der Waals surface area contributed by atoms with Gasteiger partial charge in [0.05, 0.1) is 18.4 Å². The van der Waals surface area contributed by atoms with Gasteiger partial charge in [0.15, 0.2) is 5.65 Å². The first-order valence-corrected chi connectivity index (χ1v) is 10.7. The zero-order valence-electron chi connectivity index (χ0n) is 19.1. The standard InChI is InChI=1S/C25H25N5O4/c1-25(2,3)34-24(32)26-16-19-15-22(30-21(28-19)12-13-27-30)33-20-11-7-8-17(14-20)23(31)29-18-9-5-4-6-10-18/h4-15H,16H2,1-3H3,(H,26,32)(H,29,31). The number of rotatable bonds is 6. The third-order valence-corrected chi connectivity index (χ3v) is 4.54. The molecule has 0 aliphatic heterocycles. The number of para-hydroxylation sites is 1. The van der Waals surface area contributed by atoms with E-state index in [4.69, 9.17) is 9.47 Å². The van der Waals surface area contributed by atoms with E-state index in [1.807, 2.05) is 30.3 Å². The Bertz CT molecular complexity index is 1310. The summed E-state index contributed by atoms with van der Waals surface area (Å²) in [7, 11) is 0. The van der Waals surface area contributed by atoms with Gasteiger partial charge in [0.25, 0.3) is 5.91 Å². The van der Waals surface area contributed by atoms with Crippen molar-refractivity contribution >= 4 is 23.3 Å². The summed E-state index contributed by atoms with van der Waals surface area (Å²) in [5, 5.41) is 9.79. The van der Waals surface area contributed by atoms with Crippen LogP contribution in [-0.2, 0) is 11.3 Å². The van der Waals surface area contributed by atoms with Gasteiger partial charge in [0, 0.05) is 23.4 Å². The van der Waals surface area contributed by atoms with Gasteiger partial charge < -0.3 is 20.1 Å². The quantitative estimate of drug-likeness (QED) is 0.429. The lowest BCUT2D eigenvalue weighted by Crippen LogP contribution is -2.32. The zero-order chi connectivity index (χ0) is 24.1. The fourth-order valence-corrected chi connectivity index (χ4v) is 3.12. The Morgan fingerprint density at radius 3 is 2.56 bits per heavy atom. The summed E-state index contributed by atoms with van der Waals surface area (Å²) in [6.07, 6.45) is 1.06. The number of carbonyl (C=O) groups is 2. The first-order valence-electron chi connectivity index (χ1n) is 10.7. The molecule has 2 amide bonds. The summed E-state index contributed by atoms with van der Waals surface area (Å²) in [5.74, 6) is 0.587. The molecule has 0 spiro atoms. The number of nitrogens with one attached hydrogen (secondary N) is 2. The van der Waals surface area contributed by atoms with Crippen molar-refractivity contribution in [1.29, 1.82) is 0 Å². The number of carbonyl (C=O) groups excluding carboxylic acids is 2. The monoisotopic (exact) mass is 459 g/mol. The highest BCUT2D eigenvalue weighted by Gasteiger charge is 2.17. The van der Waals surface area contributed by atoms with Crippen LogP contribution in [0.25, 0.3) is 5.65 Å². The fraction of sp³-hybridized carbons (Fsp3) is 0.200. The summed E-state index contributed by atoms with van der Waals surface area (Å²) >= 11 is 0. The van der Waals surface area contributed by atoms with Gasteiger partial charge in [-0.1, -0.05) is 24.3 Å². The van der Waals surface area contributed by atoms with Gasteiger partial charge in [0.1, 0.15) is 11.4 Å². The number of anilines is 1. The van der Waals surface area contributed by atoms with Crippen molar-refractivity contribution in [2.75, 3.05) is 5.32 Å². The van der Waals surface area contributed by atoms with Crippen molar-refractivity contribution in [3.63, 3.8) is 0 Å². The van der Waals surface area contributed by atoms with Crippen LogP contribution in [0.3, 0.4) is 0 Å². The van der Waals surface area contributed by atoms with E-state index in [1.54, 1.807) is 63.4 Å². The predicted molar refractivity (Wildman–Crippen MR) is 127 cm³/mol. The van der Waals surface area contributed by atoms with E-state index in [0.29, 0.717) is 34.2 Å². The number of alkyl carbamates (subject to hydrolysis) is 1. The Balaban J connectivity index is 1.51. The third-order valence-electron chi connectivity index (χ3n) is 4.54. The number of aromatic nitrogens is 3. The molecule has 174 valence electrons. The molecule has 2 N–H and O–H groups in total. The van der Waals surface area contributed by atoms with Crippen molar-refractivity contribution in [2.24, 2.45) is 0 Å². The normalized spacial score (nSPS) is 11.1. The van der Waals surface area contributed by atoms with Gasteiger partial charge in [-0.2, -0.15) is 9.61 Å². The molecule has 0 saturated heterocycles. The summed E-state index contributed by atoms with van der Waals surface area (Å²) in [4.78, 5) is 29.1.